The number of aliphatic carboxylic acids is 1. The minimum absolute atomic E-state index is 0.0901. The maximum Gasteiger partial charge on any atom is 0.326 e. The van der Waals surface area contributed by atoms with Crippen molar-refractivity contribution in [1.82, 2.24) is 5.32 Å². The van der Waals surface area contributed by atoms with Crippen LogP contribution in [0.4, 0.5) is 0 Å². The Balaban J connectivity index is 3.87. The normalized spacial score (nSPS) is 12.5. The molecule has 0 fully saturated rings. The summed E-state index contributed by atoms with van der Waals surface area (Å²) < 4.78 is 0. The fraction of sp³-hybridized carbons (Fsp3) is 0.818. The molecule has 4 nitrogen and oxygen atoms in total. The molecule has 94 valence electrons. The lowest BCUT2D eigenvalue weighted by molar-refractivity contribution is -0.143. The third-order valence-corrected chi connectivity index (χ3v) is 2.95. The van der Waals surface area contributed by atoms with Gasteiger partial charge in [0.05, 0.1) is 0 Å². The van der Waals surface area contributed by atoms with Gasteiger partial charge in [-0.1, -0.05) is 13.8 Å². The first-order chi connectivity index (χ1) is 7.49. The van der Waals surface area contributed by atoms with E-state index in [9.17, 15) is 9.59 Å². The maximum absolute atomic E-state index is 11.4. The number of carbonyl (C=O) groups excluding carboxylic acids is 1. The molecule has 0 bridgehead atoms. The summed E-state index contributed by atoms with van der Waals surface area (Å²) in [6.07, 6.45) is 4.25. The molecule has 0 aromatic heterocycles. The molecule has 16 heavy (non-hydrogen) atoms. The lowest BCUT2D eigenvalue weighted by atomic mass is 10.0. The third kappa shape index (κ3) is 6.71. The minimum atomic E-state index is -0.965. The second-order valence-electron chi connectivity index (χ2n) is 4.08. The topological polar surface area (TPSA) is 66.4 Å². The lowest BCUT2D eigenvalue weighted by Crippen LogP contribution is -2.44. The molecule has 0 aliphatic carbocycles. The first kappa shape index (κ1) is 15.3. The Bertz CT molecular complexity index is 231. The van der Waals surface area contributed by atoms with E-state index in [1.165, 1.54) is 0 Å². The quantitative estimate of drug-likeness (QED) is 0.641. The average Bonchev–Trinajstić information content (AvgIpc) is 2.20. The van der Waals surface area contributed by atoms with Gasteiger partial charge < -0.3 is 10.4 Å². The van der Waals surface area contributed by atoms with Crippen molar-refractivity contribution in [2.24, 2.45) is 5.92 Å². The standard InChI is InChI=1S/C11H21NO3S/c1-8(2)10(11(14)15)12-9(13)6-4-5-7-16-3/h8,10H,4-7H2,1-3H3,(H,12,13)(H,14,15). The van der Waals surface area contributed by atoms with E-state index in [4.69, 9.17) is 5.11 Å². The molecule has 1 unspecified atom stereocenters. The number of hydrogen-bond donors (Lipinski definition) is 2. The molecule has 5 heteroatoms. The van der Waals surface area contributed by atoms with Crippen molar-refractivity contribution in [3.05, 3.63) is 0 Å². The van der Waals surface area contributed by atoms with Crippen LogP contribution in [0, 0.1) is 5.92 Å². The zero-order chi connectivity index (χ0) is 12.6. The van der Waals surface area contributed by atoms with Gasteiger partial charge in [-0.25, -0.2) is 4.79 Å². The molecule has 0 aliphatic rings. The van der Waals surface area contributed by atoms with Gasteiger partial charge in [-0.05, 0) is 30.8 Å². The van der Waals surface area contributed by atoms with Crippen molar-refractivity contribution in [2.75, 3.05) is 12.0 Å². The first-order valence-electron chi connectivity index (χ1n) is 5.50. The Morgan fingerprint density at radius 2 is 1.94 bits per heavy atom. The Kier molecular flexibility index (Phi) is 8.07. The van der Waals surface area contributed by atoms with E-state index in [1.54, 1.807) is 25.6 Å². The number of carboxylic acids is 1. The monoisotopic (exact) mass is 247 g/mol. The molecule has 0 aliphatic heterocycles. The molecule has 0 heterocycles. The van der Waals surface area contributed by atoms with E-state index in [2.05, 4.69) is 5.32 Å². The largest absolute Gasteiger partial charge is 0.480 e. The second-order valence-corrected chi connectivity index (χ2v) is 5.06. The smallest absolute Gasteiger partial charge is 0.326 e. The number of hydrogen-bond acceptors (Lipinski definition) is 3. The number of nitrogens with one attached hydrogen (secondary N) is 1. The highest BCUT2D eigenvalue weighted by molar-refractivity contribution is 7.98. The molecule has 0 rings (SSSR count). The van der Waals surface area contributed by atoms with Crippen LogP contribution in [0.2, 0.25) is 0 Å². The van der Waals surface area contributed by atoms with Gasteiger partial charge in [0, 0.05) is 6.42 Å². The summed E-state index contributed by atoms with van der Waals surface area (Å²) in [6, 6.07) is -0.770. The summed E-state index contributed by atoms with van der Waals surface area (Å²) in [4.78, 5) is 22.3. The Morgan fingerprint density at radius 1 is 1.31 bits per heavy atom. The number of carboxylic acid groups (broad SMARTS) is 1. The molecule has 0 radical (unpaired) electrons. The molecule has 2 N–H and O–H groups in total. The van der Waals surface area contributed by atoms with Crippen molar-refractivity contribution >= 4 is 23.6 Å². The van der Waals surface area contributed by atoms with Gasteiger partial charge in [0.1, 0.15) is 6.04 Å². The maximum atomic E-state index is 11.4. The predicted molar refractivity (Wildman–Crippen MR) is 66.6 cm³/mol. The van der Waals surface area contributed by atoms with Crippen LogP contribution >= 0.6 is 11.8 Å². The Morgan fingerprint density at radius 3 is 2.38 bits per heavy atom. The highest BCUT2D eigenvalue weighted by atomic mass is 32.2. The number of rotatable bonds is 8. The predicted octanol–water partition coefficient (Wildman–Crippen LogP) is 1.75. The van der Waals surface area contributed by atoms with Gasteiger partial charge in [0.25, 0.3) is 0 Å². The van der Waals surface area contributed by atoms with Crippen LogP contribution in [0.15, 0.2) is 0 Å². The summed E-state index contributed by atoms with van der Waals surface area (Å²) in [5.41, 5.74) is 0. The SMILES string of the molecule is CSCCCCC(=O)NC(C(=O)O)C(C)C. The van der Waals surface area contributed by atoms with Gasteiger partial charge in [0.15, 0.2) is 0 Å². The summed E-state index contributed by atoms with van der Waals surface area (Å²) in [5, 5.41) is 11.4. The van der Waals surface area contributed by atoms with Crippen LogP contribution in [-0.4, -0.2) is 35.0 Å². The average molecular weight is 247 g/mol. The minimum Gasteiger partial charge on any atom is -0.480 e. The number of thioether (sulfide) groups is 1. The lowest BCUT2D eigenvalue weighted by Gasteiger charge is -2.17. The van der Waals surface area contributed by atoms with E-state index in [0.717, 1.165) is 18.6 Å². The number of unbranched alkanes of at least 4 members (excludes halogenated alkanes) is 1. The highest BCUT2D eigenvalue weighted by Gasteiger charge is 2.22. The van der Waals surface area contributed by atoms with Crippen molar-refractivity contribution in [3.8, 4) is 0 Å². The Labute approximate surface area is 101 Å². The molecule has 0 spiro atoms. The van der Waals surface area contributed by atoms with Crippen molar-refractivity contribution in [1.29, 1.82) is 0 Å². The van der Waals surface area contributed by atoms with Crippen molar-refractivity contribution in [2.45, 2.75) is 39.2 Å². The molecular weight excluding hydrogens is 226 g/mol. The van der Waals surface area contributed by atoms with Crippen LogP contribution in [-0.2, 0) is 9.59 Å². The molecule has 0 aromatic carbocycles. The first-order valence-corrected chi connectivity index (χ1v) is 6.89. The molecule has 0 saturated carbocycles. The number of carbonyl (C=O) groups is 2. The van der Waals surface area contributed by atoms with E-state index in [0.29, 0.717) is 6.42 Å². The number of amides is 1. The van der Waals surface area contributed by atoms with Crippen LogP contribution < -0.4 is 5.32 Å². The van der Waals surface area contributed by atoms with Crippen molar-refractivity contribution in [3.63, 3.8) is 0 Å². The van der Waals surface area contributed by atoms with Gasteiger partial charge >= 0.3 is 5.97 Å². The molecule has 1 atom stereocenters. The fourth-order valence-electron chi connectivity index (χ4n) is 1.29. The van der Waals surface area contributed by atoms with Crippen LogP contribution in [0.25, 0.3) is 0 Å². The summed E-state index contributed by atoms with van der Waals surface area (Å²) in [5.74, 6) is -0.179. The van der Waals surface area contributed by atoms with Gasteiger partial charge in [-0.15, -0.1) is 0 Å². The van der Waals surface area contributed by atoms with E-state index >= 15 is 0 Å². The highest BCUT2D eigenvalue weighted by Crippen LogP contribution is 2.05. The second kappa shape index (κ2) is 8.44. The zero-order valence-corrected chi connectivity index (χ0v) is 11.0. The van der Waals surface area contributed by atoms with E-state index in [1.807, 2.05) is 6.26 Å². The van der Waals surface area contributed by atoms with E-state index in [-0.39, 0.29) is 11.8 Å². The van der Waals surface area contributed by atoms with Crippen LogP contribution in [0.1, 0.15) is 33.1 Å². The molecule has 1 amide bonds. The summed E-state index contributed by atoms with van der Waals surface area (Å²) in [6.45, 7) is 3.57. The fourth-order valence-corrected chi connectivity index (χ4v) is 1.78. The van der Waals surface area contributed by atoms with Crippen molar-refractivity contribution < 1.29 is 14.7 Å². The summed E-state index contributed by atoms with van der Waals surface area (Å²) in [7, 11) is 0. The summed E-state index contributed by atoms with van der Waals surface area (Å²) >= 11 is 1.75. The van der Waals surface area contributed by atoms with Gasteiger partial charge in [0.2, 0.25) is 5.91 Å². The Hall–Kier alpha value is -0.710. The third-order valence-electron chi connectivity index (χ3n) is 2.25. The van der Waals surface area contributed by atoms with Gasteiger partial charge in [-0.3, -0.25) is 4.79 Å². The van der Waals surface area contributed by atoms with Gasteiger partial charge in [-0.2, -0.15) is 11.8 Å². The zero-order valence-electron chi connectivity index (χ0n) is 10.2. The van der Waals surface area contributed by atoms with Crippen LogP contribution in [0.3, 0.4) is 0 Å². The van der Waals surface area contributed by atoms with E-state index < -0.39 is 12.0 Å². The van der Waals surface area contributed by atoms with Crippen LogP contribution in [0.5, 0.6) is 0 Å². The molecular formula is C11H21NO3S. The molecule has 0 saturated heterocycles. The molecule has 0 aromatic rings.